The van der Waals surface area contributed by atoms with Gasteiger partial charge in [-0.3, -0.25) is 9.79 Å². The predicted molar refractivity (Wildman–Crippen MR) is 69.7 cm³/mol. The molecule has 1 heterocycles. The number of ketones is 1. The smallest absolute Gasteiger partial charge is 0.406 e. The summed E-state index contributed by atoms with van der Waals surface area (Å²) in [7, 11) is 0. The van der Waals surface area contributed by atoms with E-state index in [-0.39, 0.29) is 12.2 Å². The van der Waals surface area contributed by atoms with Crippen LogP contribution in [0.25, 0.3) is 0 Å². The molecular formula is C14H11F3N2O3. The second-order valence-electron chi connectivity index (χ2n) is 4.42. The molecular weight excluding hydrogens is 301 g/mol. The van der Waals surface area contributed by atoms with Gasteiger partial charge in [0.1, 0.15) is 11.7 Å². The highest BCUT2D eigenvalue weighted by Gasteiger charge is 2.31. The average Bonchev–Trinajstić information content (AvgIpc) is 2.48. The van der Waals surface area contributed by atoms with E-state index in [0.717, 1.165) is 12.1 Å². The van der Waals surface area contributed by atoms with Crippen LogP contribution in [0.2, 0.25) is 0 Å². The maximum atomic E-state index is 12.2. The lowest BCUT2D eigenvalue weighted by Crippen LogP contribution is -2.30. The number of hydrogen-bond acceptors (Lipinski definition) is 5. The largest absolute Gasteiger partial charge is 0.573 e. The van der Waals surface area contributed by atoms with E-state index in [2.05, 4.69) is 9.73 Å². The van der Waals surface area contributed by atoms with Crippen LogP contribution in [0.4, 0.5) is 13.2 Å². The Morgan fingerprint density at radius 1 is 1.36 bits per heavy atom. The molecule has 5 nitrogen and oxygen atoms in total. The van der Waals surface area contributed by atoms with Gasteiger partial charge in [0.25, 0.3) is 0 Å². The van der Waals surface area contributed by atoms with E-state index in [1.807, 2.05) is 6.07 Å². The number of nitrogens with zero attached hydrogens (tertiary/aromatic N) is 2. The number of halogens is 3. The summed E-state index contributed by atoms with van der Waals surface area (Å²) in [5, 5.41) is 9.14. The number of aliphatic imine (C=N–C) groups is 1. The van der Waals surface area contributed by atoms with E-state index in [4.69, 9.17) is 10.00 Å². The van der Waals surface area contributed by atoms with Crippen molar-refractivity contribution < 1.29 is 27.4 Å². The first-order valence-electron chi connectivity index (χ1n) is 6.31. The number of carbonyl (C=O) groups is 1. The van der Waals surface area contributed by atoms with Gasteiger partial charge in [0.15, 0.2) is 5.78 Å². The van der Waals surface area contributed by atoms with Crippen LogP contribution in [0.5, 0.6) is 5.75 Å². The minimum absolute atomic E-state index is 0.0965. The van der Waals surface area contributed by atoms with E-state index in [1.54, 1.807) is 0 Å². The minimum atomic E-state index is -4.80. The third-order valence-electron chi connectivity index (χ3n) is 2.90. The van der Waals surface area contributed by atoms with Crippen LogP contribution in [-0.2, 0) is 4.74 Å². The van der Waals surface area contributed by atoms with Gasteiger partial charge < -0.3 is 9.47 Å². The molecule has 0 spiro atoms. The summed E-state index contributed by atoms with van der Waals surface area (Å²) in [6.45, 7) is 0.901. The molecule has 8 heteroatoms. The van der Waals surface area contributed by atoms with Crippen molar-refractivity contribution in [2.45, 2.75) is 6.36 Å². The number of carbonyl (C=O) groups excluding carboxylic acids is 1. The molecule has 22 heavy (non-hydrogen) atoms. The zero-order chi connectivity index (χ0) is 16.2. The average molecular weight is 312 g/mol. The highest BCUT2D eigenvalue weighted by molar-refractivity contribution is 6.15. The Morgan fingerprint density at radius 2 is 2.05 bits per heavy atom. The highest BCUT2D eigenvalue weighted by Crippen LogP contribution is 2.23. The monoisotopic (exact) mass is 312 g/mol. The molecule has 116 valence electrons. The normalized spacial score (nSPS) is 16.4. The zero-order valence-corrected chi connectivity index (χ0v) is 11.3. The molecule has 1 aliphatic heterocycles. The van der Waals surface area contributed by atoms with E-state index < -0.39 is 23.8 Å². The molecule has 1 aromatic rings. The molecule has 0 bridgehead atoms. The van der Waals surface area contributed by atoms with Crippen molar-refractivity contribution in [2.75, 3.05) is 19.8 Å². The maximum absolute atomic E-state index is 12.2. The van der Waals surface area contributed by atoms with Gasteiger partial charge in [-0.25, -0.2) is 0 Å². The van der Waals surface area contributed by atoms with Crippen LogP contribution in [0, 0.1) is 17.2 Å². The van der Waals surface area contributed by atoms with Crippen LogP contribution in [0.3, 0.4) is 0 Å². The first kappa shape index (κ1) is 16.0. The van der Waals surface area contributed by atoms with Crippen molar-refractivity contribution in [1.82, 2.24) is 0 Å². The van der Waals surface area contributed by atoms with Crippen LogP contribution in [0.15, 0.2) is 29.3 Å². The van der Waals surface area contributed by atoms with Gasteiger partial charge >= 0.3 is 6.36 Å². The molecule has 2 rings (SSSR count). The molecule has 0 radical (unpaired) electrons. The van der Waals surface area contributed by atoms with Crippen molar-refractivity contribution >= 4 is 11.5 Å². The molecule has 1 unspecified atom stereocenters. The third kappa shape index (κ3) is 4.05. The predicted octanol–water partition coefficient (Wildman–Crippen LogP) is 2.38. The number of rotatable bonds is 4. The quantitative estimate of drug-likeness (QED) is 0.800. The Balaban J connectivity index is 2.14. The van der Waals surface area contributed by atoms with Gasteiger partial charge in [0, 0.05) is 5.56 Å². The molecule has 0 N–H and O–H groups in total. The van der Waals surface area contributed by atoms with Gasteiger partial charge in [0.2, 0.25) is 0 Å². The van der Waals surface area contributed by atoms with E-state index in [0.29, 0.717) is 18.9 Å². The second-order valence-corrected chi connectivity index (χ2v) is 4.42. The number of alkyl halides is 3. The third-order valence-corrected chi connectivity index (χ3v) is 2.90. The summed E-state index contributed by atoms with van der Waals surface area (Å²) >= 11 is 0. The molecule has 0 fully saturated rings. The summed E-state index contributed by atoms with van der Waals surface area (Å²) in [6, 6.07) is 6.25. The fourth-order valence-corrected chi connectivity index (χ4v) is 1.92. The van der Waals surface area contributed by atoms with Crippen LogP contribution in [-0.4, -0.2) is 37.6 Å². The van der Waals surface area contributed by atoms with E-state index in [1.165, 1.54) is 12.1 Å². The molecule has 1 aliphatic rings. The molecule has 1 aromatic carbocycles. The first-order chi connectivity index (χ1) is 10.4. The Morgan fingerprint density at radius 3 is 2.55 bits per heavy atom. The lowest BCUT2D eigenvalue weighted by atomic mass is 9.94. The SMILES string of the molecule is N#CC(C(=O)c1ccc(OC(F)(F)F)cc1)C1=NCCOC1. The summed E-state index contributed by atoms with van der Waals surface area (Å²) in [5.74, 6) is -2.07. The number of nitriles is 1. The summed E-state index contributed by atoms with van der Waals surface area (Å²) in [4.78, 5) is 16.3. The van der Waals surface area contributed by atoms with Crippen LogP contribution < -0.4 is 4.74 Å². The van der Waals surface area contributed by atoms with Crippen LogP contribution in [0.1, 0.15) is 10.4 Å². The summed E-state index contributed by atoms with van der Waals surface area (Å²) < 4.78 is 45.1. The standard InChI is InChI=1S/C14H11F3N2O3/c15-14(16,17)22-10-3-1-9(2-4-10)13(20)11(7-18)12-8-21-6-5-19-12/h1-4,11H,5-6,8H2. The maximum Gasteiger partial charge on any atom is 0.573 e. The van der Waals surface area contributed by atoms with Gasteiger partial charge in [-0.05, 0) is 24.3 Å². The Kier molecular flexibility index (Phi) is 4.78. The topological polar surface area (TPSA) is 71.7 Å². The summed E-state index contributed by atoms with van der Waals surface area (Å²) in [5.41, 5.74) is 0.434. The molecule has 0 saturated carbocycles. The molecule has 0 aromatic heterocycles. The van der Waals surface area contributed by atoms with Crippen molar-refractivity contribution in [1.29, 1.82) is 5.26 Å². The Hall–Kier alpha value is -2.40. The van der Waals surface area contributed by atoms with Crippen molar-refractivity contribution in [2.24, 2.45) is 10.9 Å². The molecule has 1 atom stereocenters. The number of Topliss-reactive ketones (excluding diaryl/α,β-unsaturated/α-hetero) is 1. The fourth-order valence-electron chi connectivity index (χ4n) is 1.92. The van der Waals surface area contributed by atoms with E-state index in [9.17, 15) is 18.0 Å². The van der Waals surface area contributed by atoms with Crippen molar-refractivity contribution in [3.63, 3.8) is 0 Å². The van der Waals surface area contributed by atoms with Crippen LogP contribution >= 0.6 is 0 Å². The lowest BCUT2D eigenvalue weighted by Gasteiger charge is -2.16. The molecule has 0 aliphatic carbocycles. The Labute approximate surface area is 124 Å². The zero-order valence-electron chi connectivity index (χ0n) is 11.3. The Bertz CT molecular complexity index is 618. The number of benzene rings is 1. The van der Waals surface area contributed by atoms with Crippen molar-refractivity contribution in [3.8, 4) is 11.8 Å². The summed E-state index contributed by atoms with van der Waals surface area (Å²) in [6.07, 6.45) is -4.80. The van der Waals surface area contributed by atoms with Gasteiger partial charge in [-0.15, -0.1) is 13.2 Å². The van der Waals surface area contributed by atoms with E-state index >= 15 is 0 Å². The number of ether oxygens (including phenoxy) is 2. The van der Waals surface area contributed by atoms with Gasteiger partial charge in [0.05, 0.1) is 31.5 Å². The van der Waals surface area contributed by atoms with Gasteiger partial charge in [-0.2, -0.15) is 5.26 Å². The minimum Gasteiger partial charge on any atom is -0.406 e. The van der Waals surface area contributed by atoms with Gasteiger partial charge in [-0.1, -0.05) is 0 Å². The first-order valence-corrected chi connectivity index (χ1v) is 6.31. The fraction of sp³-hybridized carbons (Fsp3) is 0.357. The highest BCUT2D eigenvalue weighted by atomic mass is 19.4. The second kappa shape index (κ2) is 6.58. The molecule has 0 amide bonds. The molecule has 0 saturated heterocycles. The number of hydrogen-bond donors (Lipinski definition) is 0. The van der Waals surface area contributed by atoms with Crippen molar-refractivity contribution in [3.05, 3.63) is 29.8 Å². The lowest BCUT2D eigenvalue weighted by molar-refractivity contribution is -0.274.